The van der Waals surface area contributed by atoms with Gasteiger partial charge in [0.1, 0.15) is 5.60 Å². The first-order valence-electron chi connectivity index (χ1n) is 6.93. The molecule has 0 saturated carbocycles. The van der Waals surface area contributed by atoms with E-state index in [-0.39, 0.29) is 5.92 Å². The van der Waals surface area contributed by atoms with Gasteiger partial charge in [0.2, 0.25) is 0 Å². The summed E-state index contributed by atoms with van der Waals surface area (Å²) in [6, 6.07) is 6.84. The van der Waals surface area contributed by atoms with Gasteiger partial charge >= 0.3 is 12.1 Å². The van der Waals surface area contributed by atoms with Crippen LogP contribution < -0.4 is 5.32 Å². The summed E-state index contributed by atoms with van der Waals surface area (Å²) >= 11 is 0. The topological polar surface area (TPSA) is 75.6 Å². The number of benzene rings is 1. The molecule has 5 heteroatoms. The Morgan fingerprint density at radius 1 is 1.24 bits per heavy atom. The molecule has 0 heterocycles. The first-order valence-corrected chi connectivity index (χ1v) is 6.93. The SMILES string of the molecule is CC(C)C(C(=O)O)c1cccc(NC(=O)OC(C)(C)C)c1. The Kier molecular flexibility index (Phi) is 5.35. The lowest BCUT2D eigenvalue weighted by atomic mass is 9.88. The van der Waals surface area contributed by atoms with E-state index in [1.54, 1.807) is 45.0 Å². The van der Waals surface area contributed by atoms with Crippen molar-refractivity contribution in [3.8, 4) is 0 Å². The molecule has 2 N–H and O–H groups in total. The molecule has 0 fully saturated rings. The summed E-state index contributed by atoms with van der Waals surface area (Å²) in [7, 11) is 0. The second-order valence-electron chi connectivity index (χ2n) is 6.31. The number of carboxylic acids is 1. The fraction of sp³-hybridized carbons (Fsp3) is 0.500. The largest absolute Gasteiger partial charge is 0.481 e. The van der Waals surface area contributed by atoms with Gasteiger partial charge in [0.05, 0.1) is 5.92 Å². The predicted octanol–water partition coefficient (Wildman–Crippen LogP) is 3.86. The zero-order chi connectivity index (χ0) is 16.2. The molecule has 0 aliphatic rings. The second kappa shape index (κ2) is 6.61. The lowest BCUT2D eigenvalue weighted by molar-refractivity contribution is -0.139. The van der Waals surface area contributed by atoms with Crippen LogP contribution in [0.1, 0.15) is 46.1 Å². The van der Waals surface area contributed by atoms with Gasteiger partial charge in [0.25, 0.3) is 0 Å². The number of ether oxygens (including phenoxy) is 1. The van der Waals surface area contributed by atoms with E-state index in [1.807, 2.05) is 13.8 Å². The number of carboxylic acid groups (broad SMARTS) is 1. The molecule has 0 radical (unpaired) electrons. The van der Waals surface area contributed by atoms with Gasteiger partial charge in [-0.2, -0.15) is 0 Å². The number of carbonyl (C=O) groups is 2. The normalized spacial score (nSPS) is 12.9. The number of anilines is 1. The summed E-state index contributed by atoms with van der Waals surface area (Å²) in [5.41, 5.74) is 0.600. The molecule has 1 aromatic carbocycles. The van der Waals surface area contributed by atoms with Crippen LogP contribution in [-0.4, -0.2) is 22.8 Å². The van der Waals surface area contributed by atoms with E-state index in [9.17, 15) is 14.7 Å². The van der Waals surface area contributed by atoms with Gasteiger partial charge < -0.3 is 9.84 Å². The number of rotatable bonds is 4. The Balaban J connectivity index is 2.90. The van der Waals surface area contributed by atoms with Crippen LogP contribution in [-0.2, 0) is 9.53 Å². The fourth-order valence-electron chi connectivity index (χ4n) is 2.04. The molecular weight excluding hydrogens is 270 g/mol. The molecule has 1 unspecified atom stereocenters. The summed E-state index contributed by atoms with van der Waals surface area (Å²) in [6.45, 7) is 9.05. The Bertz CT molecular complexity index is 517. The standard InChI is InChI=1S/C16H23NO4/c1-10(2)13(14(18)19)11-7-6-8-12(9-11)17-15(20)21-16(3,4)5/h6-10,13H,1-5H3,(H,17,20)(H,18,19). The predicted molar refractivity (Wildman–Crippen MR) is 81.5 cm³/mol. The van der Waals surface area contributed by atoms with Gasteiger partial charge in [-0.3, -0.25) is 10.1 Å². The number of hydrogen-bond acceptors (Lipinski definition) is 3. The van der Waals surface area contributed by atoms with E-state index < -0.39 is 23.6 Å². The number of aliphatic carboxylic acids is 1. The summed E-state index contributed by atoms with van der Waals surface area (Å²) in [4.78, 5) is 23.1. The second-order valence-corrected chi connectivity index (χ2v) is 6.31. The lowest BCUT2D eigenvalue weighted by Crippen LogP contribution is -2.27. The zero-order valence-corrected chi connectivity index (χ0v) is 13.1. The van der Waals surface area contributed by atoms with Crippen molar-refractivity contribution in [3.05, 3.63) is 29.8 Å². The number of nitrogens with one attached hydrogen (secondary N) is 1. The maximum absolute atomic E-state index is 11.7. The van der Waals surface area contributed by atoms with Crippen molar-refractivity contribution in [3.63, 3.8) is 0 Å². The first kappa shape index (κ1) is 17.0. The van der Waals surface area contributed by atoms with E-state index in [1.165, 1.54) is 0 Å². The van der Waals surface area contributed by atoms with E-state index >= 15 is 0 Å². The molecule has 0 aromatic heterocycles. The molecule has 116 valence electrons. The van der Waals surface area contributed by atoms with Gasteiger partial charge in [0, 0.05) is 5.69 Å². The van der Waals surface area contributed by atoms with Crippen LogP contribution in [0.4, 0.5) is 10.5 Å². The van der Waals surface area contributed by atoms with Crippen LogP contribution in [0, 0.1) is 5.92 Å². The van der Waals surface area contributed by atoms with Gasteiger partial charge in [-0.25, -0.2) is 4.79 Å². The highest BCUT2D eigenvalue weighted by Crippen LogP contribution is 2.27. The van der Waals surface area contributed by atoms with E-state index in [4.69, 9.17) is 4.74 Å². The lowest BCUT2D eigenvalue weighted by Gasteiger charge is -2.20. The molecule has 0 bridgehead atoms. The van der Waals surface area contributed by atoms with Crippen molar-refractivity contribution in [2.24, 2.45) is 5.92 Å². The van der Waals surface area contributed by atoms with Crippen LogP contribution in [0.15, 0.2) is 24.3 Å². The minimum absolute atomic E-state index is 0.0423. The monoisotopic (exact) mass is 293 g/mol. The van der Waals surface area contributed by atoms with E-state index in [0.717, 1.165) is 0 Å². The third-order valence-electron chi connectivity index (χ3n) is 2.82. The molecule has 1 rings (SSSR count). The van der Waals surface area contributed by atoms with Gasteiger partial charge in [-0.05, 0) is 44.4 Å². The third kappa shape index (κ3) is 5.45. The average Bonchev–Trinajstić information content (AvgIpc) is 2.25. The highest BCUT2D eigenvalue weighted by Gasteiger charge is 2.24. The highest BCUT2D eigenvalue weighted by atomic mass is 16.6. The van der Waals surface area contributed by atoms with Crippen molar-refractivity contribution in [1.82, 2.24) is 0 Å². The van der Waals surface area contributed by atoms with E-state index in [0.29, 0.717) is 11.3 Å². The molecule has 0 spiro atoms. The molecule has 0 aliphatic heterocycles. The highest BCUT2D eigenvalue weighted by molar-refractivity contribution is 5.85. The average molecular weight is 293 g/mol. The Morgan fingerprint density at radius 2 is 1.86 bits per heavy atom. The number of hydrogen-bond donors (Lipinski definition) is 2. The summed E-state index contributed by atoms with van der Waals surface area (Å²) in [6.07, 6.45) is -0.559. The quantitative estimate of drug-likeness (QED) is 0.884. The molecule has 5 nitrogen and oxygen atoms in total. The van der Waals surface area contributed by atoms with Gasteiger partial charge in [-0.15, -0.1) is 0 Å². The maximum atomic E-state index is 11.7. The minimum Gasteiger partial charge on any atom is -0.481 e. The molecule has 1 amide bonds. The summed E-state index contributed by atoms with van der Waals surface area (Å²) in [5.74, 6) is -1.52. The molecule has 0 saturated heterocycles. The smallest absolute Gasteiger partial charge is 0.412 e. The minimum atomic E-state index is -0.876. The van der Waals surface area contributed by atoms with Gasteiger partial charge in [0.15, 0.2) is 0 Å². The molecule has 21 heavy (non-hydrogen) atoms. The fourth-order valence-corrected chi connectivity index (χ4v) is 2.04. The van der Waals surface area contributed by atoms with Crippen LogP contribution in [0.5, 0.6) is 0 Å². The van der Waals surface area contributed by atoms with Crippen LogP contribution >= 0.6 is 0 Å². The van der Waals surface area contributed by atoms with Crippen LogP contribution in [0.2, 0.25) is 0 Å². The molecule has 1 atom stereocenters. The molecular formula is C16H23NO4. The van der Waals surface area contributed by atoms with E-state index in [2.05, 4.69) is 5.32 Å². The van der Waals surface area contributed by atoms with Crippen molar-refractivity contribution >= 4 is 17.7 Å². The summed E-state index contributed by atoms with van der Waals surface area (Å²) in [5, 5.41) is 11.9. The summed E-state index contributed by atoms with van der Waals surface area (Å²) < 4.78 is 5.17. The van der Waals surface area contributed by atoms with Crippen molar-refractivity contribution in [2.75, 3.05) is 5.32 Å². The Hall–Kier alpha value is -2.04. The Morgan fingerprint density at radius 3 is 2.33 bits per heavy atom. The maximum Gasteiger partial charge on any atom is 0.412 e. The Labute approximate surface area is 125 Å². The number of carbonyl (C=O) groups excluding carboxylic acids is 1. The first-order chi connectivity index (χ1) is 9.60. The van der Waals surface area contributed by atoms with Crippen molar-refractivity contribution < 1.29 is 19.4 Å². The molecule has 0 aliphatic carbocycles. The van der Waals surface area contributed by atoms with Crippen LogP contribution in [0.3, 0.4) is 0 Å². The van der Waals surface area contributed by atoms with Gasteiger partial charge in [-0.1, -0.05) is 26.0 Å². The van der Waals surface area contributed by atoms with Crippen LogP contribution in [0.25, 0.3) is 0 Å². The van der Waals surface area contributed by atoms with Crippen molar-refractivity contribution in [1.29, 1.82) is 0 Å². The molecule has 1 aromatic rings. The zero-order valence-electron chi connectivity index (χ0n) is 13.1. The number of amides is 1. The van der Waals surface area contributed by atoms with Crippen molar-refractivity contribution in [2.45, 2.75) is 46.1 Å². The third-order valence-corrected chi connectivity index (χ3v) is 2.82.